The van der Waals surface area contributed by atoms with Gasteiger partial charge in [0.25, 0.3) is 0 Å². The van der Waals surface area contributed by atoms with Gasteiger partial charge in [0.2, 0.25) is 11.7 Å². The molecule has 0 amide bonds. The number of nitrogens with one attached hydrogen (secondary N) is 1. The van der Waals surface area contributed by atoms with Gasteiger partial charge in [-0.3, -0.25) is 0 Å². The summed E-state index contributed by atoms with van der Waals surface area (Å²) in [7, 11) is 3.61. The first kappa shape index (κ1) is 14.9. The number of halogens is 1. The lowest BCUT2D eigenvalue weighted by Gasteiger charge is -2.13. The maximum atomic E-state index is 5.47. The van der Waals surface area contributed by atoms with E-state index in [1.807, 2.05) is 37.0 Å². The van der Waals surface area contributed by atoms with E-state index in [1.54, 1.807) is 7.11 Å². The second-order valence-electron chi connectivity index (χ2n) is 4.84. The highest BCUT2D eigenvalue weighted by Gasteiger charge is 2.32. The van der Waals surface area contributed by atoms with Gasteiger partial charge in [0, 0.05) is 23.1 Å². The molecule has 21 heavy (non-hydrogen) atoms. The molecule has 5 nitrogen and oxygen atoms in total. The first-order valence-corrected chi connectivity index (χ1v) is 8.60. The third-order valence-corrected chi connectivity index (χ3v) is 5.43. The van der Waals surface area contributed by atoms with Crippen molar-refractivity contribution in [1.82, 2.24) is 15.5 Å². The summed E-state index contributed by atoms with van der Waals surface area (Å²) in [6.07, 6.45) is 0. The normalized spacial score (nSPS) is 21.7. The molecule has 2 unspecified atom stereocenters. The van der Waals surface area contributed by atoms with Crippen molar-refractivity contribution >= 4 is 27.7 Å². The number of benzene rings is 1. The predicted octanol–water partition coefficient (Wildman–Crippen LogP) is 2.93. The van der Waals surface area contributed by atoms with E-state index in [0.29, 0.717) is 17.8 Å². The molecular weight excluding hydrogens is 354 g/mol. The van der Waals surface area contributed by atoms with E-state index in [9.17, 15) is 0 Å². The number of thioether (sulfide) groups is 1. The zero-order valence-corrected chi connectivity index (χ0v) is 14.2. The lowest BCUT2D eigenvalue weighted by molar-refractivity contribution is 0.344. The lowest BCUT2D eigenvalue weighted by atomic mass is 10.0. The average Bonchev–Trinajstić information content (AvgIpc) is 3.15. The first-order chi connectivity index (χ1) is 10.2. The number of rotatable bonds is 4. The standard InChI is InChI=1S/C14H16BrN3O2S/c1-16-11-7-21-6-9(11)14-17-13(18-20-14)8-3-4-12(19-2)10(15)5-8/h3-5,9,11,16H,6-7H2,1-2H3. The molecule has 1 fully saturated rings. The van der Waals surface area contributed by atoms with Gasteiger partial charge in [0.05, 0.1) is 17.5 Å². The molecule has 0 radical (unpaired) electrons. The summed E-state index contributed by atoms with van der Waals surface area (Å²) < 4.78 is 11.6. The van der Waals surface area contributed by atoms with E-state index in [0.717, 1.165) is 27.3 Å². The Morgan fingerprint density at radius 2 is 2.29 bits per heavy atom. The Morgan fingerprint density at radius 1 is 1.43 bits per heavy atom. The summed E-state index contributed by atoms with van der Waals surface area (Å²) in [5.41, 5.74) is 0.907. The SMILES string of the molecule is CNC1CSCC1c1nc(-c2ccc(OC)c(Br)c2)no1. The Morgan fingerprint density at radius 3 is 3.00 bits per heavy atom. The van der Waals surface area contributed by atoms with Gasteiger partial charge in [-0.25, -0.2) is 0 Å². The van der Waals surface area contributed by atoms with Gasteiger partial charge < -0.3 is 14.6 Å². The highest BCUT2D eigenvalue weighted by Crippen LogP contribution is 2.34. The minimum Gasteiger partial charge on any atom is -0.496 e. The van der Waals surface area contributed by atoms with Crippen LogP contribution in [0.2, 0.25) is 0 Å². The molecule has 0 saturated carbocycles. The Bertz CT molecular complexity index is 634. The molecule has 0 spiro atoms. The smallest absolute Gasteiger partial charge is 0.232 e. The van der Waals surface area contributed by atoms with Crippen LogP contribution in [-0.2, 0) is 0 Å². The van der Waals surface area contributed by atoms with Crippen LogP contribution in [0.25, 0.3) is 11.4 Å². The van der Waals surface area contributed by atoms with Crippen LogP contribution in [0.15, 0.2) is 27.2 Å². The van der Waals surface area contributed by atoms with Crippen LogP contribution in [0, 0.1) is 0 Å². The molecule has 1 aromatic heterocycles. The molecule has 1 N–H and O–H groups in total. The van der Waals surface area contributed by atoms with Crippen molar-refractivity contribution in [3.8, 4) is 17.1 Å². The molecule has 3 rings (SSSR count). The van der Waals surface area contributed by atoms with Crippen molar-refractivity contribution in [3.63, 3.8) is 0 Å². The summed E-state index contributed by atoms with van der Waals surface area (Å²) in [6.45, 7) is 0. The van der Waals surface area contributed by atoms with Crippen molar-refractivity contribution < 1.29 is 9.26 Å². The second-order valence-corrected chi connectivity index (χ2v) is 6.77. The Hall–Kier alpha value is -1.05. The number of methoxy groups -OCH3 is 1. The summed E-state index contributed by atoms with van der Waals surface area (Å²) in [5.74, 6) is 4.47. The van der Waals surface area contributed by atoms with Gasteiger partial charge in [0.15, 0.2) is 0 Å². The zero-order valence-electron chi connectivity index (χ0n) is 11.8. The van der Waals surface area contributed by atoms with E-state index in [4.69, 9.17) is 9.26 Å². The van der Waals surface area contributed by atoms with Crippen molar-refractivity contribution in [2.45, 2.75) is 12.0 Å². The van der Waals surface area contributed by atoms with Gasteiger partial charge in [0.1, 0.15) is 5.75 Å². The highest BCUT2D eigenvalue weighted by atomic mass is 79.9. The monoisotopic (exact) mass is 369 g/mol. The molecule has 7 heteroatoms. The molecular formula is C14H16BrN3O2S. The van der Waals surface area contributed by atoms with Crippen LogP contribution >= 0.6 is 27.7 Å². The molecule has 1 aromatic carbocycles. The second kappa shape index (κ2) is 6.37. The minimum atomic E-state index is 0.280. The van der Waals surface area contributed by atoms with E-state index < -0.39 is 0 Å². The largest absolute Gasteiger partial charge is 0.496 e. The topological polar surface area (TPSA) is 60.2 Å². The van der Waals surface area contributed by atoms with Crippen LogP contribution in [0.5, 0.6) is 5.75 Å². The fourth-order valence-corrected chi connectivity index (χ4v) is 4.35. The lowest BCUT2D eigenvalue weighted by Crippen LogP contribution is -2.31. The van der Waals surface area contributed by atoms with Crippen molar-refractivity contribution in [2.24, 2.45) is 0 Å². The van der Waals surface area contributed by atoms with Crippen molar-refractivity contribution in [3.05, 3.63) is 28.6 Å². The number of hydrogen-bond donors (Lipinski definition) is 1. The predicted molar refractivity (Wildman–Crippen MR) is 86.9 cm³/mol. The number of aromatic nitrogens is 2. The minimum absolute atomic E-state index is 0.280. The molecule has 0 aliphatic carbocycles. The van der Waals surface area contributed by atoms with Crippen molar-refractivity contribution in [1.29, 1.82) is 0 Å². The quantitative estimate of drug-likeness (QED) is 0.893. The fourth-order valence-electron chi connectivity index (χ4n) is 2.39. The van der Waals surface area contributed by atoms with Crippen LogP contribution in [-0.4, -0.2) is 41.8 Å². The Labute approximate surface area is 136 Å². The van der Waals surface area contributed by atoms with Crippen LogP contribution in [0.4, 0.5) is 0 Å². The molecule has 1 saturated heterocycles. The molecule has 1 aliphatic heterocycles. The summed E-state index contributed by atoms with van der Waals surface area (Å²) >= 11 is 5.38. The Balaban J connectivity index is 1.86. The number of ether oxygens (including phenoxy) is 1. The molecule has 1 aliphatic rings. The van der Waals surface area contributed by atoms with Gasteiger partial charge in [-0.15, -0.1) is 0 Å². The number of nitrogens with zero attached hydrogens (tertiary/aromatic N) is 2. The van der Waals surface area contributed by atoms with Crippen LogP contribution in [0.3, 0.4) is 0 Å². The third-order valence-electron chi connectivity index (χ3n) is 3.62. The van der Waals surface area contributed by atoms with Gasteiger partial charge in [-0.05, 0) is 41.2 Å². The Kier molecular flexibility index (Phi) is 4.51. The molecule has 112 valence electrons. The molecule has 2 aromatic rings. The zero-order chi connectivity index (χ0) is 14.8. The van der Waals surface area contributed by atoms with E-state index in [1.165, 1.54) is 0 Å². The maximum absolute atomic E-state index is 5.47. The van der Waals surface area contributed by atoms with Gasteiger partial charge in [-0.1, -0.05) is 5.16 Å². The van der Waals surface area contributed by atoms with Crippen molar-refractivity contribution in [2.75, 3.05) is 25.7 Å². The summed E-state index contributed by atoms with van der Waals surface area (Å²) in [5, 5.41) is 7.42. The average molecular weight is 370 g/mol. The fraction of sp³-hybridized carbons (Fsp3) is 0.429. The highest BCUT2D eigenvalue weighted by molar-refractivity contribution is 9.10. The molecule has 0 bridgehead atoms. The van der Waals surface area contributed by atoms with Gasteiger partial charge >= 0.3 is 0 Å². The number of hydrogen-bond acceptors (Lipinski definition) is 6. The molecule has 2 heterocycles. The third kappa shape index (κ3) is 2.95. The van der Waals surface area contributed by atoms with E-state index >= 15 is 0 Å². The van der Waals surface area contributed by atoms with E-state index in [2.05, 4.69) is 31.4 Å². The van der Waals surface area contributed by atoms with Gasteiger partial charge in [-0.2, -0.15) is 16.7 Å². The molecule has 2 atom stereocenters. The van der Waals surface area contributed by atoms with Crippen LogP contribution < -0.4 is 10.1 Å². The summed E-state index contributed by atoms with van der Waals surface area (Å²) in [4.78, 5) is 4.56. The number of likely N-dealkylation sites (N-methyl/N-ethyl adjacent to an activating group) is 1. The first-order valence-electron chi connectivity index (χ1n) is 6.65. The van der Waals surface area contributed by atoms with E-state index in [-0.39, 0.29) is 5.92 Å². The van der Waals surface area contributed by atoms with Crippen LogP contribution in [0.1, 0.15) is 11.8 Å². The maximum Gasteiger partial charge on any atom is 0.232 e. The summed E-state index contributed by atoms with van der Waals surface area (Å²) in [6, 6.07) is 6.15.